The second-order valence-electron chi connectivity index (χ2n) is 5.46. The third kappa shape index (κ3) is 3.25. The molecule has 0 aliphatic heterocycles. The van der Waals surface area contributed by atoms with Crippen LogP contribution in [0.2, 0.25) is 0 Å². The van der Waals surface area contributed by atoms with E-state index in [9.17, 15) is 8.42 Å². The van der Waals surface area contributed by atoms with Gasteiger partial charge in [0.2, 0.25) is 0 Å². The Morgan fingerprint density at radius 2 is 2.05 bits per heavy atom. The van der Waals surface area contributed by atoms with Gasteiger partial charge in [0.1, 0.15) is 9.90 Å². The van der Waals surface area contributed by atoms with Gasteiger partial charge >= 0.3 is 0 Å². The van der Waals surface area contributed by atoms with Crippen LogP contribution >= 0.6 is 11.5 Å². The molecule has 2 rings (SSSR count). The van der Waals surface area contributed by atoms with Crippen molar-refractivity contribution in [3.05, 3.63) is 0 Å². The van der Waals surface area contributed by atoms with Crippen molar-refractivity contribution in [1.82, 2.24) is 4.37 Å². The number of nitrogens with two attached hydrogens (primary N) is 1. The lowest BCUT2D eigenvalue weighted by atomic mass is 9.84. The first-order valence-electron chi connectivity index (χ1n) is 7.20. The predicted octanol–water partition coefficient (Wildman–Crippen LogP) is 2.90. The number of hydrogen-bond donors (Lipinski definition) is 2. The first kappa shape index (κ1) is 15.6. The normalized spacial score (nSPS) is 18.9. The highest BCUT2D eigenvalue weighted by molar-refractivity contribution is 7.91. The molecule has 1 heterocycles. The van der Waals surface area contributed by atoms with Crippen LogP contribution < -0.4 is 11.1 Å². The molecule has 1 aromatic rings. The van der Waals surface area contributed by atoms with Crippen LogP contribution in [0.25, 0.3) is 0 Å². The second-order valence-corrected chi connectivity index (χ2v) is 8.45. The Morgan fingerprint density at radius 3 is 2.65 bits per heavy atom. The Morgan fingerprint density at radius 1 is 1.40 bits per heavy atom. The Hall–Kier alpha value is -0.820. The smallest absolute Gasteiger partial charge is 0.184 e. The van der Waals surface area contributed by atoms with Gasteiger partial charge in [0.15, 0.2) is 15.7 Å². The van der Waals surface area contributed by atoms with Gasteiger partial charge < -0.3 is 11.1 Å². The summed E-state index contributed by atoms with van der Waals surface area (Å²) in [5.74, 6) is 0.765. The highest BCUT2D eigenvalue weighted by Crippen LogP contribution is 2.35. The summed E-state index contributed by atoms with van der Waals surface area (Å²) in [5, 5.41) is 3.94. The van der Waals surface area contributed by atoms with Crippen molar-refractivity contribution in [2.45, 2.75) is 56.9 Å². The molecule has 0 aromatic carbocycles. The summed E-state index contributed by atoms with van der Waals surface area (Å²) in [7, 11) is -3.33. The zero-order valence-corrected chi connectivity index (χ0v) is 13.7. The first-order valence-corrected chi connectivity index (χ1v) is 9.62. The number of hydrogen-bond acceptors (Lipinski definition) is 6. The molecule has 7 heteroatoms. The lowest BCUT2D eigenvalue weighted by Crippen LogP contribution is -2.28. The Labute approximate surface area is 125 Å². The predicted molar refractivity (Wildman–Crippen MR) is 83.9 cm³/mol. The lowest BCUT2D eigenvalue weighted by molar-refractivity contribution is 0.328. The maximum absolute atomic E-state index is 12.1. The summed E-state index contributed by atoms with van der Waals surface area (Å²) in [5.41, 5.74) is 5.74. The topological polar surface area (TPSA) is 85.1 Å². The fourth-order valence-corrected chi connectivity index (χ4v) is 5.04. The van der Waals surface area contributed by atoms with Gasteiger partial charge in [-0.1, -0.05) is 26.2 Å². The number of sulfone groups is 1. The zero-order valence-electron chi connectivity index (χ0n) is 12.1. The van der Waals surface area contributed by atoms with Gasteiger partial charge in [-0.05, 0) is 37.2 Å². The highest BCUT2D eigenvalue weighted by Gasteiger charge is 2.27. The van der Waals surface area contributed by atoms with E-state index in [1.807, 2.05) is 0 Å². The van der Waals surface area contributed by atoms with Crippen molar-refractivity contribution in [3.63, 3.8) is 0 Å². The Bertz CT molecular complexity index is 548. The van der Waals surface area contributed by atoms with Crippen LogP contribution in [0.3, 0.4) is 0 Å². The van der Waals surface area contributed by atoms with Crippen LogP contribution in [-0.4, -0.2) is 24.6 Å². The van der Waals surface area contributed by atoms with E-state index in [0.717, 1.165) is 11.5 Å². The molecule has 0 amide bonds. The van der Waals surface area contributed by atoms with E-state index < -0.39 is 9.84 Å². The van der Waals surface area contributed by atoms with Gasteiger partial charge in [-0.2, -0.15) is 4.37 Å². The van der Waals surface area contributed by atoms with E-state index in [-0.39, 0.29) is 22.5 Å². The van der Waals surface area contributed by atoms with Crippen LogP contribution in [0.4, 0.5) is 10.8 Å². The molecular formula is C13H23N3O2S2. The van der Waals surface area contributed by atoms with E-state index in [1.165, 1.54) is 32.1 Å². The van der Waals surface area contributed by atoms with Crippen LogP contribution in [0, 0.1) is 5.92 Å². The number of nitrogen functional groups attached to an aromatic ring is 1. The largest absolute Gasteiger partial charge is 0.382 e. The number of aromatic nitrogens is 1. The molecule has 114 valence electrons. The second kappa shape index (κ2) is 6.30. The third-order valence-corrected chi connectivity index (χ3v) is 6.80. The molecule has 1 saturated carbocycles. The van der Waals surface area contributed by atoms with Gasteiger partial charge in [-0.3, -0.25) is 0 Å². The van der Waals surface area contributed by atoms with Crippen LogP contribution in [0.1, 0.15) is 46.0 Å². The molecular weight excluding hydrogens is 294 g/mol. The monoisotopic (exact) mass is 317 g/mol. The molecule has 1 aliphatic carbocycles. The summed E-state index contributed by atoms with van der Waals surface area (Å²) in [6.45, 7) is 3.75. The molecule has 0 spiro atoms. The minimum Gasteiger partial charge on any atom is -0.382 e. The van der Waals surface area contributed by atoms with Crippen molar-refractivity contribution < 1.29 is 8.42 Å². The van der Waals surface area contributed by atoms with E-state index in [2.05, 4.69) is 16.6 Å². The standard InChI is InChI=1S/C13H23N3O2S2/c1-3-20(17,18)11-12(14)16-19-13(11)15-9(2)10-7-5-4-6-8-10/h9-10,15H,3-8H2,1-2H3,(H2,14,16). The molecule has 1 aromatic heterocycles. The minimum absolute atomic E-state index is 0.0438. The van der Waals surface area contributed by atoms with Crippen LogP contribution in [0.5, 0.6) is 0 Å². The molecule has 20 heavy (non-hydrogen) atoms. The van der Waals surface area contributed by atoms with Crippen molar-refractivity contribution in [1.29, 1.82) is 0 Å². The number of nitrogens with zero attached hydrogens (tertiary/aromatic N) is 1. The van der Waals surface area contributed by atoms with Gasteiger partial charge in [0, 0.05) is 6.04 Å². The fraction of sp³-hybridized carbons (Fsp3) is 0.769. The van der Waals surface area contributed by atoms with Crippen molar-refractivity contribution >= 4 is 32.2 Å². The molecule has 3 N–H and O–H groups in total. The van der Waals surface area contributed by atoms with Crippen LogP contribution in [0.15, 0.2) is 4.90 Å². The van der Waals surface area contributed by atoms with Gasteiger partial charge in [-0.15, -0.1) is 0 Å². The number of rotatable bonds is 5. The van der Waals surface area contributed by atoms with Crippen molar-refractivity contribution in [2.75, 3.05) is 16.8 Å². The van der Waals surface area contributed by atoms with E-state index in [0.29, 0.717) is 10.9 Å². The summed E-state index contributed by atoms with van der Waals surface area (Å²) in [4.78, 5) is 0.188. The fourth-order valence-electron chi connectivity index (χ4n) is 2.79. The first-order chi connectivity index (χ1) is 9.45. The quantitative estimate of drug-likeness (QED) is 0.872. The lowest BCUT2D eigenvalue weighted by Gasteiger charge is -2.28. The average Bonchev–Trinajstić information content (AvgIpc) is 2.81. The van der Waals surface area contributed by atoms with Gasteiger partial charge in [-0.25, -0.2) is 8.42 Å². The maximum atomic E-state index is 12.1. The molecule has 5 nitrogen and oxygen atoms in total. The number of anilines is 2. The molecule has 0 saturated heterocycles. The van der Waals surface area contributed by atoms with E-state index in [4.69, 9.17) is 5.73 Å². The molecule has 0 bridgehead atoms. The number of nitrogens with one attached hydrogen (secondary N) is 1. The Balaban J connectivity index is 2.17. The minimum atomic E-state index is -3.33. The SMILES string of the molecule is CCS(=O)(=O)c1c(N)nsc1NC(C)C1CCCCC1. The molecule has 0 radical (unpaired) electrons. The average molecular weight is 317 g/mol. The van der Waals surface area contributed by atoms with Crippen molar-refractivity contribution in [2.24, 2.45) is 5.92 Å². The molecule has 1 atom stereocenters. The summed E-state index contributed by atoms with van der Waals surface area (Å²) >= 11 is 1.15. The third-order valence-electron chi connectivity index (χ3n) is 4.08. The summed E-state index contributed by atoms with van der Waals surface area (Å²) in [6.07, 6.45) is 6.26. The van der Waals surface area contributed by atoms with Gasteiger partial charge in [0.05, 0.1) is 5.75 Å². The van der Waals surface area contributed by atoms with E-state index >= 15 is 0 Å². The highest BCUT2D eigenvalue weighted by atomic mass is 32.2. The van der Waals surface area contributed by atoms with Gasteiger partial charge in [0.25, 0.3) is 0 Å². The zero-order chi connectivity index (χ0) is 14.8. The molecule has 1 fully saturated rings. The molecule has 1 aliphatic rings. The summed E-state index contributed by atoms with van der Waals surface area (Å²) < 4.78 is 28.2. The Kier molecular flexibility index (Phi) is 4.90. The molecule has 1 unspecified atom stereocenters. The maximum Gasteiger partial charge on any atom is 0.184 e. The van der Waals surface area contributed by atoms with Crippen LogP contribution in [-0.2, 0) is 9.84 Å². The van der Waals surface area contributed by atoms with E-state index in [1.54, 1.807) is 6.92 Å². The van der Waals surface area contributed by atoms with Crippen molar-refractivity contribution in [3.8, 4) is 0 Å². The summed E-state index contributed by atoms with van der Waals surface area (Å²) in [6, 6.07) is 0.251.